The highest BCUT2D eigenvalue weighted by atomic mass is 35.5. The number of carbonyl (C=O) groups excluding carboxylic acids is 1. The SMILES string of the molecule is C.Cl.NC(=O)[C@@H]1CCCN1. The third-order valence-corrected chi connectivity index (χ3v) is 1.40. The number of rotatable bonds is 1. The molecule has 4 heteroatoms. The molecular formula is C6H15ClN2O. The van der Waals surface area contributed by atoms with E-state index in [-0.39, 0.29) is 31.8 Å². The molecule has 0 bridgehead atoms. The minimum absolute atomic E-state index is 0. The van der Waals surface area contributed by atoms with Crippen LogP contribution in [0.2, 0.25) is 0 Å². The number of hydrogen-bond acceptors (Lipinski definition) is 2. The summed E-state index contributed by atoms with van der Waals surface area (Å²) in [5.74, 6) is -0.220. The van der Waals surface area contributed by atoms with E-state index in [2.05, 4.69) is 5.32 Å². The Morgan fingerprint density at radius 3 is 2.40 bits per heavy atom. The molecular weight excluding hydrogens is 152 g/mol. The first kappa shape index (κ1) is 12.4. The lowest BCUT2D eigenvalue weighted by molar-refractivity contribution is -0.119. The van der Waals surface area contributed by atoms with Crippen LogP contribution in [-0.4, -0.2) is 18.5 Å². The van der Waals surface area contributed by atoms with Crippen molar-refractivity contribution in [3.8, 4) is 0 Å². The number of carbonyl (C=O) groups is 1. The highest BCUT2D eigenvalue weighted by Crippen LogP contribution is 2.02. The van der Waals surface area contributed by atoms with Crippen LogP contribution in [0.15, 0.2) is 0 Å². The minimum Gasteiger partial charge on any atom is -0.368 e. The van der Waals surface area contributed by atoms with Crippen molar-refractivity contribution in [1.82, 2.24) is 5.32 Å². The molecule has 0 unspecified atom stereocenters. The molecule has 1 saturated heterocycles. The molecule has 0 aromatic heterocycles. The molecule has 1 rings (SSSR count). The average molecular weight is 167 g/mol. The molecule has 0 aliphatic carbocycles. The maximum atomic E-state index is 10.4. The van der Waals surface area contributed by atoms with Gasteiger partial charge in [-0.1, -0.05) is 7.43 Å². The van der Waals surface area contributed by atoms with Crippen molar-refractivity contribution in [2.24, 2.45) is 5.73 Å². The Kier molecular flexibility index (Phi) is 6.82. The van der Waals surface area contributed by atoms with Gasteiger partial charge in [-0.05, 0) is 19.4 Å². The fourth-order valence-electron chi connectivity index (χ4n) is 0.927. The Labute approximate surface area is 67.8 Å². The van der Waals surface area contributed by atoms with E-state index in [1.54, 1.807) is 0 Å². The minimum atomic E-state index is -0.220. The highest BCUT2D eigenvalue weighted by molar-refractivity contribution is 5.85. The van der Waals surface area contributed by atoms with Crippen LogP contribution in [0.1, 0.15) is 20.3 Å². The summed E-state index contributed by atoms with van der Waals surface area (Å²) in [7, 11) is 0. The number of primary amides is 1. The van der Waals surface area contributed by atoms with E-state index in [4.69, 9.17) is 5.73 Å². The van der Waals surface area contributed by atoms with E-state index in [0.29, 0.717) is 0 Å². The van der Waals surface area contributed by atoms with Crippen LogP contribution < -0.4 is 11.1 Å². The van der Waals surface area contributed by atoms with Crippen molar-refractivity contribution in [3.63, 3.8) is 0 Å². The molecule has 0 aromatic rings. The molecule has 3 N–H and O–H groups in total. The number of halogens is 1. The normalized spacial score (nSPS) is 22.6. The van der Waals surface area contributed by atoms with Gasteiger partial charge in [0.15, 0.2) is 0 Å². The molecule has 1 amide bonds. The first-order chi connectivity index (χ1) is 3.80. The molecule has 10 heavy (non-hydrogen) atoms. The summed E-state index contributed by atoms with van der Waals surface area (Å²) in [6.07, 6.45) is 1.99. The Hall–Kier alpha value is -0.280. The summed E-state index contributed by atoms with van der Waals surface area (Å²) in [5.41, 5.74) is 5.00. The fourth-order valence-corrected chi connectivity index (χ4v) is 0.927. The van der Waals surface area contributed by atoms with Crippen molar-refractivity contribution in [3.05, 3.63) is 0 Å². The Morgan fingerprint density at radius 1 is 1.60 bits per heavy atom. The molecule has 0 radical (unpaired) electrons. The second-order valence-electron chi connectivity index (χ2n) is 2.05. The van der Waals surface area contributed by atoms with E-state index in [0.717, 1.165) is 19.4 Å². The third-order valence-electron chi connectivity index (χ3n) is 1.40. The van der Waals surface area contributed by atoms with Gasteiger partial charge in [-0.15, -0.1) is 12.4 Å². The van der Waals surface area contributed by atoms with Crippen LogP contribution in [-0.2, 0) is 4.79 Å². The van der Waals surface area contributed by atoms with E-state index in [1.165, 1.54) is 0 Å². The predicted molar refractivity (Wildman–Crippen MR) is 44.2 cm³/mol. The largest absolute Gasteiger partial charge is 0.368 e. The van der Waals surface area contributed by atoms with Crippen LogP contribution in [0.25, 0.3) is 0 Å². The number of hydrogen-bond donors (Lipinski definition) is 2. The molecule has 1 fully saturated rings. The number of nitrogens with two attached hydrogens (primary N) is 1. The topological polar surface area (TPSA) is 55.1 Å². The van der Waals surface area contributed by atoms with Gasteiger partial charge in [0, 0.05) is 0 Å². The predicted octanol–water partition coefficient (Wildman–Crippen LogP) is 0.282. The standard InChI is InChI=1S/C5H10N2O.CH4.ClH/c6-5(8)4-2-1-3-7-4;;/h4,7H,1-3H2,(H2,6,8);1H4;1H/t4-;;/m0../s1. The molecule has 62 valence electrons. The van der Waals surface area contributed by atoms with Crippen LogP contribution >= 0.6 is 12.4 Å². The van der Waals surface area contributed by atoms with Crippen molar-refractivity contribution in [2.45, 2.75) is 26.3 Å². The first-order valence-corrected chi connectivity index (χ1v) is 2.83. The van der Waals surface area contributed by atoms with Crippen molar-refractivity contribution < 1.29 is 4.79 Å². The highest BCUT2D eigenvalue weighted by Gasteiger charge is 2.18. The Bertz CT molecular complexity index is 102. The van der Waals surface area contributed by atoms with Gasteiger partial charge in [0.25, 0.3) is 0 Å². The molecule has 1 aliphatic heterocycles. The van der Waals surface area contributed by atoms with Gasteiger partial charge in [-0.3, -0.25) is 4.79 Å². The molecule has 1 heterocycles. The van der Waals surface area contributed by atoms with Crippen LogP contribution in [0.4, 0.5) is 0 Å². The van der Waals surface area contributed by atoms with E-state index in [9.17, 15) is 4.79 Å². The molecule has 0 spiro atoms. The van der Waals surface area contributed by atoms with Crippen molar-refractivity contribution in [2.75, 3.05) is 6.54 Å². The van der Waals surface area contributed by atoms with Crippen LogP contribution in [0.5, 0.6) is 0 Å². The lowest BCUT2D eigenvalue weighted by atomic mass is 10.2. The summed E-state index contributed by atoms with van der Waals surface area (Å²) < 4.78 is 0. The molecule has 0 aromatic carbocycles. The zero-order chi connectivity index (χ0) is 5.98. The summed E-state index contributed by atoms with van der Waals surface area (Å²) in [5, 5.41) is 2.98. The summed E-state index contributed by atoms with van der Waals surface area (Å²) in [6.45, 7) is 0.938. The molecule has 1 aliphatic rings. The fraction of sp³-hybridized carbons (Fsp3) is 0.833. The molecule has 0 saturated carbocycles. The van der Waals surface area contributed by atoms with Crippen molar-refractivity contribution >= 4 is 18.3 Å². The lowest BCUT2D eigenvalue weighted by Gasteiger charge is -2.01. The first-order valence-electron chi connectivity index (χ1n) is 2.83. The third kappa shape index (κ3) is 3.03. The number of nitrogens with one attached hydrogen (secondary N) is 1. The monoisotopic (exact) mass is 166 g/mol. The Balaban J connectivity index is 0. The van der Waals surface area contributed by atoms with Gasteiger partial charge >= 0.3 is 0 Å². The summed E-state index contributed by atoms with van der Waals surface area (Å²) >= 11 is 0. The number of amides is 1. The maximum absolute atomic E-state index is 10.4. The maximum Gasteiger partial charge on any atom is 0.234 e. The van der Waals surface area contributed by atoms with Gasteiger partial charge < -0.3 is 11.1 Å². The molecule has 3 nitrogen and oxygen atoms in total. The van der Waals surface area contributed by atoms with Gasteiger partial charge in [0.1, 0.15) is 0 Å². The average Bonchev–Trinajstić information content (AvgIpc) is 2.12. The lowest BCUT2D eigenvalue weighted by Crippen LogP contribution is -2.36. The van der Waals surface area contributed by atoms with E-state index < -0.39 is 0 Å². The smallest absolute Gasteiger partial charge is 0.234 e. The second-order valence-corrected chi connectivity index (χ2v) is 2.05. The quantitative estimate of drug-likeness (QED) is 0.588. The van der Waals surface area contributed by atoms with Gasteiger partial charge in [-0.2, -0.15) is 0 Å². The summed E-state index contributed by atoms with van der Waals surface area (Å²) in [6, 6.07) is -0.0463. The van der Waals surface area contributed by atoms with E-state index in [1.807, 2.05) is 0 Å². The van der Waals surface area contributed by atoms with Gasteiger partial charge in [0.2, 0.25) is 5.91 Å². The van der Waals surface area contributed by atoms with E-state index >= 15 is 0 Å². The summed E-state index contributed by atoms with van der Waals surface area (Å²) in [4.78, 5) is 10.4. The zero-order valence-electron chi connectivity index (χ0n) is 5.09. The van der Waals surface area contributed by atoms with Crippen molar-refractivity contribution in [1.29, 1.82) is 0 Å². The van der Waals surface area contributed by atoms with Crippen LogP contribution in [0.3, 0.4) is 0 Å². The second kappa shape index (κ2) is 5.50. The zero-order valence-corrected chi connectivity index (χ0v) is 5.91. The Morgan fingerprint density at radius 2 is 2.20 bits per heavy atom. The molecule has 1 atom stereocenters. The van der Waals surface area contributed by atoms with Gasteiger partial charge in [-0.25, -0.2) is 0 Å². The van der Waals surface area contributed by atoms with Crippen LogP contribution in [0, 0.1) is 0 Å². The van der Waals surface area contributed by atoms with Gasteiger partial charge in [0.05, 0.1) is 6.04 Å².